The Morgan fingerprint density at radius 1 is 0.870 bits per heavy atom. The summed E-state index contributed by atoms with van der Waals surface area (Å²) in [6.45, 7) is 2.99. The SMILES string of the molecule is CCCCCCOc1ccc(NC(=S)Nc2ccccc2)cc1. The number of thiocarbonyl (C=S) groups is 1. The molecular weight excluding hydrogens is 304 g/mol. The summed E-state index contributed by atoms with van der Waals surface area (Å²) < 4.78 is 5.73. The van der Waals surface area contributed by atoms with E-state index in [-0.39, 0.29) is 0 Å². The van der Waals surface area contributed by atoms with Gasteiger partial charge in [-0.05, 0) is 55.0 Å². The maximum absolute atomic E-state index is 5.73. The first kappa shape index (κ1) is 17.3. The number of ether oxygens (including phenoxy) is 1. The summed E-state index contributed by atoms with van der Waals surface area (Å²) in [5.41, 5.74) is 1.91. The Balaban J connectivity index is 1.75. The number of anilines is 2. The van der Waals surface area contributed by atoms with E-state index < -0.39 is 0 Å². The molecule has 0 saturated heterocycles. The Labute approximate surface area is 144 Å². The lowest BCUT2D eigenvalue weighted by molar-refractivity contribution is 0.305. The summed E-state index contributed by atoms with van der Waals surface area (Å²) in [4.78, 5) is 0. The second kappa shape index (κ2) is 9.85. The van der Waals surface area contributed by atoms with Crippen molar-refractivity contribution in [3.63, 3.8) is 0 Å². The molecule has 0 radical (unpaired) electrons. The minimum Gasteiger partial charge on any atom is -0.494 e. The van der Waals surface area contributed by atoms with Crippen molar-refractivity contribution in [2.45, 2.75) is 32.6 Å². The van der Waals surface area contributed by atoms with E-state index in [2.05, 4.69) is 17.6 Å². The first-order valence-electron chi connectivity index (χ1n) is 8.14. The fraction of sp³-hybridized carbons (Fsp3) is 0.316. The first-order chi connectivity index (χ1) is 11.3. The first-order valence-corrected chi connectivity index (χ1v) is 8.54. The molecule has 0 aromatic heterocycles. The van der Waals surface area contributed by atoms with Gasteiger partial charge in [0.25, 0.3) is 0 Å². The lowest BCUT2D eigenvalue weighted by atomic mass is 10.2. The predicted molar refractivity (Wildman–Crippen MR) is 102 cm³/mol. The summed E-state index contributed by atoms with van der Waals surface area (Å²) in [5, 5.41) is 6.89. The Bertz CT molecular complexity index is 584. The van der Waals surface area contributed by atoms with Crippen LogP contribution in [0, 0.1) is 0 Å². The number of hydrogen-bond donors (Lipinski definition) is 2. The van der Waals surface area contributed by atoms with Gasteiger partial charge in [0.05, 0.1) is 6.61 Å². The molecule has 0 aliphatic heterocycles. The number of nitrogens with one attached hydrogen (secondary N) is 2. The van der Waals surface area contributed by atoms with Crippen LogP contribution in [0.2, 0.25) is 0 Å². The summed E-state index contributed by atoms with van der Waals surface area (Å²) in [7, 11) is 0. The topological polar surface area (TPSA) is 33.3 Å². The number of hydrogen-bond acceptors (Lipinski definition) is 2. The Hall–Kier alpha value is -2.07. The third-order valence-corrected chi connectivity index (χ3v) is 3.61. The van der Waals surface area contributed by atoms with Gasteiger partial charge >= 0.3 is 0 Å². The van der Waals surface area contributed by atoms with E-state index >= 15 is 0 Å². The summed E-state index contributed by atoms with van der Waals surface area (Å²) in [6, 6.07) is 17.7. The van der Waals surface area contributed by atoms with Gasteiger partial charge in [-0.15, -0.1) is 0 Å². The van der Waals surface area contributed by atoms with Crippen LogP contribution in [0.3, 0.4) is 0 Å². The van der Waals surface area contributed by atoms with Gasteiger partial charge in [0, 0.05) is 11.4 Å². The van der Waals surface area contributed by atoms with Crippen LogP contribution < -0.4 is 15.4 Å². The second-order valence-corrected chi connectivity index (χ2v) is 5.79. The molecule has 0 aliphatic rings. The Morgan fingerprint density at radius 2 is 1.52 bits per heavy atom. The molecule has 0 fully saturated rings. The molecule has 4 heteroatoms. The van der Waals surface area contributed by atoms with E-state index in [1.165, 1.54) is 19.3 Å². The van der Waals surface area contributed by atoms with Crippen molar-refractivity contribution < 1.29 is 4.74 Å². The maximum Gasteiger partial charge on any atom is 0.175 e. The van der Waals surface area contributed by atoms with E-state index in [1.54, 1.807) is 0 Å². The second-order valence-electron chi connectivity index (χ2n) is 5.38. The van der Waals surface area contributed by atoms with Crippen molar-refractivity contribution >= 4 is 28.7 Å². The number of benzene rings is 2. The minimum absolute atomic E-state index is 0.574. The molecule has 0 spiro atoms. The van der Waals surface area contributed by atoms with Gasteiger partial charge in [-0.3, -0.25) is 0 Å². The molecule has 2 aromatic rings. The number of unbranched alkanes of at least 4 members (excludes halogenated alkanes) is 3. The monoisotopic (exact) mass is 328 g/mol. The van der Waals surface area contributed by atoms with Crippen LogP contribution >= 0.6 is 12.2 Å². The molecule has 2 aromatic carbocycles. The summed E-state index contributed by atoms with van der Waals surface area (Å²) in [6.07, 6.45) is 4.86. The molecule has 0 heterocycles. The molecule has 122 valence electrons. The quantitative estimate of drug-likeness (QED) is 0.498. The molecular formula is C19H24N2OS. The molecule has 23 heavy (non-hydrogen) atoms. The maximum atomic E-state index is 5.73. The van der Waals surface area contributed by atoms with Gasteiger partial charge < -0.3 is 15.4 Å². The molecule has 0 aliphatic carbocycles. The fourth-order valence-electron chi connectivity index (χ4n) is 2.17. The molecule has 0 bridgehead atoms. The highest BCUT2D eigenvalue weighted by Gasteiger charge is 2.00. The average Bonchev–Trinajstić information content (AvgIpc) is 2.57. The van der Waals surface area contributed by atoms with Gasteiger partial charge in [-0.2, -0.15) is 0 Å². The zero-order valence-electron chi connectivity index (χ0n) is 13.5. The third-order valence-electron chi connectivity index (χ3n) is 3.41. The summed E-state index contributed by atoms with van der Waals surface area (Å²) in [5.74, 6) is 0.897. The van der Waals surface area contributed by atoms with Crippen molar-refractivity contribution in [3.05, 3.63) is 54.6 Å². The van der Waals surface area contributed by atoms with E-state index in [9.17, 15) is 0 Å². The highest BCUT2D eigenvalue weighted by molar-refractivity contribution is 7.80. The summed E-state index contributed by atoms with van der Waals surface area (Å²) >= 11 is 5.31. The predicted octanol–water partition coefficient (Wildman–Crippen LogP) is 5.45. The minimum atomic E-state index is 0.574. The molecule has 0 unspecified atom stereocenters. The third kappa shape index (κ3) is 6.70. The van der Waals surface area contributed by atoms with Crippen molar-refractivity contribution in [2.75, 3.05) is 17.2 Å². The van der Waals surface area contributed by atoms with Crippen LogP contribution in [0.1, 0.15) is 32.6 Å². The van der Waals surface area contributed by atoms with Crippen LogP contribution in [0.5, 0.6) is 5.75 Å². The van der Waals surface area contributed by atoms with Crippen LogP contribution in [0.15, 0.2) is 54.6 Å². The molecule has 2 N–H and O–H groups in total. The average molecular weight is 328 g/mol. The lowest BCUT2D eigenvalue weighted by Gasteiger charge is -2.11. The van der Waals surface area contributed by atoms with Gasteiger partial charge in [0.2, 0.25) is 0 Å². The zero-order valence-corrected chi connectivity index (χ0v) is 14.4. The smallest absolute Gasteiger partial charge is 0.175 e. The highest BCUT2D eigenvalue weighted by Crippen LogP contribution is 2.17. The van der Waals surface area contributed by atoms with Crippen LogP contribution in [-0.4, -0.2) is 11.7 Å². The van der Waals surface area contributed by atoms with Gasteiger partial charge in [-0.1, -0.05) is 44.4 Å². The highest BCUT2D eigenvalue weighted by atomic mass is 32.1. The zero-order chi connectivity index (χ0) is 16.3. The van der Waals surface area contributed by atoms with E-state index in [4.69, 9.17) is 17.0 Å². The van der Waals surface area contributed by atoms with Crippen molar-refractivity contribution in [2.24, 2.45) is 0 Å². The van der Waals surface area contributed by atoms with Gasteiger partial charge in [0.1, 0.15) is 5.75 Å². The van der Waals surface area contributed by atoms with Crippen LogP contribution in [0.25, 0.3) is 0 Å². The van der Waals surface area contributed by atoms with Crippen molar-refractivity contribution in [3.8, 4) is 5.75 Å². The molecule has 2 rings (SSSR count). The van der Waals surface area contributed by atoms with Gasteiger partial charge in [0.15, 0.2) is 5.11 Å². The Morgan fingerprint density at radius 3 is 2.17 bits per heavy atom. The molecule has 0 saturated carbocycles. The largest absolute Gasteiger partial charge is 0.494 e. The fourth-order valence-corrected chi connectivity index (χ4v) is 2.40. The van der Waals surface area contributed by atoms with Gasteiger partial charge in [-0.25, -0.2) is 0 Å². The van der Waals surface area contributed by atoms with E-state index in [0.717, 1.165) is 30.2 Å². The standard InChI is InChI=1S/C19H24N2OS/c1-2-3-4-8-15-22-18-13-11-17(12-14-18)21-19(23)20-16-9-6-5-7-10-16/h5-7,9-14H,2-4,8,15H2,1H3,(H2,20,21,23). The van der Waals surface area contributed by atoms with Crippen molar-refractivity contribution in [1.29, 1.82) is 0 Å². The Kier molecular flexibility index (Phi) is 7.40. The van der Waals surface area contributed by atoms with E-state index in [0.29, 0.717) is 5.11 Å². The number of rotatable bonds is 8. The van der Waals surface area contributed by atoms with E-state index in [1.807, 2.05) is 54.6 Å². The van der Waals surface area contributed by atoms with Crippen LogP contribution in [0.4, 0.5) is 11.4 Å². The molecule has 3 nitrogen and oxygen atoms in total. The molecule has 0 atom stereocenters. The lowest BCUT2D eigenvalue weighted by Crippen LogP contribution is -2.18. The molecule has 0 amide bonds. The van der Waals surface area contributed by atoms with Crippen LogP contribution in [-0.2, 0) is 0 Å². The van der Waals surface area contributed by atoms with Crippen molar-refractivity contribution in [1.82, 2.24) is 0 Å². The number of para-hydroxylation sites is 1. The normalized spacial score (nSPS) is 10.1.